The van der Waals surface area contributed by atoms with Gasteiger partial charge in [0.15, 0.2) is 11.7 Å². The molecule has 0 saturated heterocycles. The van der Waals surface area contributed by atoms with Gasteiger partial charge >= 0.3 is 6.18 Å². The van der Waals surface area contributed by atoms with Gasteiger partial charge in [-0.3, -0.25) is 4.79 Å². The minimum Gasteiger partial charge on any atom is -0.475 e. The third-order valence-electron chi connectivity index (χ3n) is 5.18. The largest absolute Gasteiger partial charge is 0.475 e. The molecule has 8 heteroatoms. The van der Waals surface area contributed by atoms with E-state index >= 15 is 0 Å². The van der Waals surface area contributed by atoms with Crippen LogP contribution in [0.25, 0.3) is 10.9 Å². The van der Waals surface area contributed by atoms with Crippen molar-refractivity contribution in [3.8, 4) is 5.06 Å². The Morgan fingerprint density at radius 2 is 2.10 bits per heavy atom. The van der Waals surface area contributed by atoms with Crippen molar-refractivity contribution in [3.05, 3.63) is 53.0 Å². The van der Waals surface area contributed by atoms with Crippen LogP contribution in [0, 0.1) is 5.92 Å². The van der Waals surface area contributed by atoms with Crippen molar-refractivity contribution in [1.29, 1.82) is 0 Å². The molecular formula is C21H21F3N2O2S. The number of hydrogen-bond acceptors (Lipinski definition) is 3. The van der Waals surface area contributed by atoms with Crippen molar-refractivity contribution in [2.45, 2.75) is 37.9 Å². The van der Waals surface area contributed by atoms with Gasteiger partial charge in [-0.15, -0.1) is 11.3 Å². The predicted molar refractivity (Wildman–Crippen MR) is 106 cm³/mol. The maximum atomic E-state index is 12.4. The number of hydrogen-bond donors (Lipinski definition) is 2. The topological polar surface area (TPSA) is 54.1 Å². The van der Waals surface area contributed by atoms with Crippen LogP contribution in [-0.4, -0.2) is 23.7 Å². The predicted octanol–water partition coefficient (Wildman–Crippen LogP) is 5.54. The van der Waals surface area contributed by atoms with Gasteiger partial charge in [-0.1, -0.05) is 18.2 Å². The van der Waals surface area contributed by atoms with Crippen molar-refractivity contribution in [3.63, 3.8) is 0 Å². The maximum Gasteiger partial charge on any atom is 0.422 e. The zero-order valence-electron chi connectivity index (χ0n) is 15.8. The lowest BCUT2D eigenvalue weighted by molar-refractivity contribution is -0.152. The van der Waals surface area contributed by atoms with Gasteiger partial charge in [0.25, 0.3) is 0 Å². The first kappa shape index (κ1) is 19.8. The van der Waals surface area contributed by atoms with Gasteiger partial charge in [-0.05, 0) is 48.9 Å². The van der Waals surface area contributed by atoms with Crippen LogP contribution in [0.2, 0.25) is 0 Å². The van der Waals surface area contributed by atoms with Crippen molar-refractivity contribution in [1.82, 2.24) is 10.3 Å². The molecule has 1 aliphatic rings. The number of rotatable bonds is 7. The van der Waals surface area contributed by atoms with Crippen molar-refractivity contribution in [2.24, 2.45) is 5.92 Å². The number of aromatic amines is 1. The fraction of sp³-hybridized carbons (Fsp3) is 0.381. The van der Waals surface area contributed by atoms with E-state index in [2.05, 4.69) is 16.4 Å². The van der Waals surface area contributed by atoms with Crippen LogP contribution < -0.4 is 10.1 Å². The molecule has 0 bridgehead atoms. The summed E-state index contributed by atoms with van der Waals surface area (Å²) in [5.41, 5.74) is 2.36. The minimum atomic E-state index is -4.37. The highest BCUT2D eigenvalue weighted by Crippen LogP contribution is 2.51. The number of benzene rings is 1. The number of carbonyl (C=O) groups excluding carboxylic acids is 1. The lowest BCUT2D eigenvalue weighted by atomic mass is 10.1. The van der Waals surface area contributed by atoms with Crippen LogP contribution in [0.15, 0.2) is 42.6 Å². The van der Waals surface area contributed by atoms with Crippen LogP contribution >= 0.6 is 11.3 Å². The number of fused-ring (bicyclic) bond motifs is 1. The van der Waals surface area contributed by atoms with E-state index in [4.69, 9.17) is 4.74 Å². The van der Waals surface area contributed by atoms with Gasteiger partial charge in [0.05, 0.1) is 6.04 Å². The number of carbonyl (C=O) groups is 1. The molecule has 29 heavy (non-hydrogen) atoms. The molecule has 4 nitrogen and oxygen atoms in total. The third-order valence-corrected chi connectivity index (χ3v) is 6.36. The number of thiophene rings is 1. The molecule has 2 N–H and O–H groups in total. The number of H-pyrrole nitrogens is 1. The molecule has 3 atom stereocenters. The highest BCUT2D eigenvalue weighted by atomic mass is 32.1. The molecule has 1 saturated carbocycles. The molecule has 2 aromatic heterocycles. The minimum absolute atomic E-state index is 0.0454. The van der Waals surface area contributed by atoms with E-state index in [0.717, 1.165) is 28.2 Å². The van der Waals surface area contributed by atoms with Crippen molar-refractivity contribution in [2.75, 3.05) is 6.61 Å². The Kier molecular flexibility index (Phi) is 5.29. The molecule has 0 spiro atoms. The Balaban J connectivity index is 1.29. The van der Waals surface area contributed by atoms with E-state index in [0.29, 0.717) is 18.3 Å². The van der Waals surface area contributed by atoms with Gasteiger partial charge in [0.1, 0.15) is 0 Å². The summed E-state index contributed by atoms with van der Waals surface area (Å²) >= 11 is 1.12. The number of alkyl halides is 3. The summed E-state index contributed by atoms with van der Waals surface area (Å²) in [6.07, 6.45) is -0.908. The van der Waals surface area contributed by atoms with Gasteiger partial charge in [0.2, 0.25) is 5.91 Å². The van der Waals surface area contributed by atoms with Crippen LogP contribution in [-0.2, 0) is 4.79 Å². The molecule has 1 fully saturated rings. The average molecular weight is 422 g/mol. The quantitative estimate of drug-likeness (QED) is 0.525. The SMILES string of the molecule is C[C@@H](NC(=O)C[C@@H]1C[C@@H]1c1c[nH]c2ccccc12)c1ccc(OCC(F)(F)F)s1. The molecular weight excluding hydrogens is 401 g/mol. The van der Waals surface area contributed by atoms with E-state index < -0.39 is 12.8 Å². The highest BCUT2D eigenvalue weighted by Gasteiger charge is 2.41. The molecule has 0 unspecified atom stereocenters. The Labute approximate surface area is 170 Å². The summed E-state index contributed by atoms with van der Waals surface area (Å²) in [5.74, 6) is 0.655. The molecule has 1 aliphatic carbocycles. The van der Waals surface area contributed by atoms with E-state index in [1.807, 2.05) is 31.3 Å². The number of aromatic nitrogens is 1. The molecule has 1 amide bonds. The van der Waals surface area contributed by atoms with Crippen LogP contribution in [0.3, 0.4) is 0 Å². The second kappa shape index (κ2) is 7.74. The zero-order valence-corrected chi connectivity index (χ0v) is 16.6. The molecule has 1 aromatic carbocycles. The van der Waals surface area contributed by atoms with E-state index in [1.54, 1.807) is 6.07 Å². The second-order valence-electron chi connectivity index (χ2n) is 7.45. The number of nitrogens with one attached hydrogen (secondary N) is 2. The first-order valence-corrected chi connectivity index (χ1v) is 10.3. The van der Waals surface area contributed by atoms with Gasteiger partial charge < -0.3 is 15.0 Å². The standard InChI is InChI=1S/C21H21F3N2O2S/c1-12(18-6-7-20(29-18)28-11-21(22,23)24)26-19(27)9-13-8-15(13)16-10-25-17-5-3-2-4-14(16)17/h2-7,10,12-13,15,25H,8-9,11H2,1H3,(H,26,27)/t12-,13+,15+/m1/s1. The molecule has 2 heterocycles. The van der Waals surface area contributed by atoms with Gasteiger partial charge in [0, 0.05) is 28.4 Å². The van der Waals surface area contributed by atoms with E-state index in [1.165, 1.54) is 17.0 Å². The number of amides is 1. The number of halogens is 3. The summed E-state index contributed by atoms with van der Waals surface area (Å²) in [6.45, 7) is 0.506. The van der Waals surface area contributed by atoms with Crippen LogP contribution in [0.1, 0.15) is 42.2 Å². The summed E-state index contributed by atoms with van der Waals surface area (Å²) in [5, 5.41) is 4.34. The van der Waals surface area contributed by atoms with Crippen molar-refractivity contribution < 1.29 is 22.7 Å². The normalized spacial score (nSPS) is 19.9. The maximum absolute atomic E-state index is 12.4. The van der Waals surface area contributed by atoms with E-state index in [9.17, 15) is 18.0 Å². The number of para-hydroxylation sites is 1. The van der Waals surface area contributed by atoms with E-state index in [-0.39, 0.29) is 17.0 Å². The molecule has 4 rings (SSSR count). The Bertz CT molecular complexity index is 1010. The first-order chi connectivity index (χ1) is 13.8. The Morgan fingerprint density at radius 3 is 2.90 bits per heavy atom. The Hall–Kier alpha value is -2.48. The van der Waals surface area contributed by atoms with Gasteiger partial charge in [-0.25, -0.2) is 0 Å². The zero-order chi connectivity index (χ0) is 20.6. The summed E-state index contributed by atoms with van der Waals surface area (Å²) in [6, 6.07) is 11.0. The van der Waals surface area contributed by atoms with Crippen LogP contribution in [0.4, 0.5) is 13.2 Å². The summed E-state index contributed by atoms with van der Waals surface area (Å²) in [7, 11) is 0. The second-order valence-corrected chi connectivity index (χ2v) is 8.52. The fourth-order valence-corrected chi connectivity index (χ4v) is 4.52. The monoisotopic (exact) mass is 422 g/mol. The Morgan fingerprint density at radius 1 is 1.31 bits per heavy atom. The third kappa shape index (κ3) is 4.75. The average Bonchev–Trinajstić information content (AvgIpc) is 3.09. The molecule has 154 valence electrons. The number of ether oxygens (including phenoxy) is 1. The van der Waals surface area contributed by atoms with Crippen LogP contribution in [0.5, 0.6) is 5.06 Å². The summed E-state index contributed by atoms with van der Waals surface area (Å²) < 4.78 is 41.5. The summed E-state index contributed by atoms with van der Waals surface area (Å²) in [4.78, 5) is 16.5. The smallest absolute Gasteiger partial charge is 0.422 e. The lowest BCUT2D eigenvalue weighted by Gasteiger charge is -2.12. The fourth-order valence-electron chi connectivity index (χ4n) is 3.66. The first-order valence-electron chi connectivity index (χ1n) is 9.45. The molecule has 0 aliphatic heterocycles. The lowest BCUT2D eigenvalue weighted by Crippen LogP contribution is -2.26. The molecule has 0 radical (unpaired) electrons. The van der Waals surface area contributed by atoms with Gasteiger partial charge in [-0.2, -0.15) is 13.2 Å². The molecule has 3 aromatic rings. The van der Waals surface area contributed by atoms with Crippen molar-refractivity contribution >= 4 is 28.1 Å². The highest BCUT2D eigenvalue weighted by molar-refractivity contribution is 7.13.